The molecule has 4 atom stereocenters. The van der Waals surface area contributed by atoms with E-state index in [-0.39, 0.29) is 0 Å². The van der Waals surface area contributed by atoms with Crippen LogP contribution in [0.4, 0.5) is 0 Å². The first kappa shape index (κ1) is 32.9. The Balaban J connectivity index is 1.35. The van der Waals surface area contributed by atoms with Crippen LogP contribution < -0.4 is 9.47 Å². The molecule has 2 aromatic carbocycles. The molecule has 0 spiro atoms. The molecule has 2 fully saturated rings. The minimum atomic E-state index is 0.503. The Morgan fingerprint density at radius 2 is 0.929 bits per heavy atom. The Hall–Kier alpha value is -2.04. The van der Waals surface area contributed by atoms with Gasteiger partial charge in [0.1, 0.15) is 11.5 Å². The minimum absolute atomic E-state index is 0.503. The highest BCUT2D eigenvalue weighted by atomic mass is 16.6. The number of rotatable bonds is 21. The minimum Gasteiger partial charge on any atom is -0.493 e. The Labute approximate surface area is 256 Å². The van der Waals surface area contributed by atoms with Gasteiger partial charge in [-0.3, -0.25) is 0 Å². The smallest absolute Gasteiger partial charge is 0.125 e. The molecule has 0 N–H and O–H groups in total. The molecule has 4 nitrogen and oxygen atoms in total. The molecule has 2 aliphatic heterocycles. The summed E-state index contributed by atoms with van der Waals surface area (Å²) in [5.41, 5.74) is 8.27. The van der Waals surface area contributed by atoms with Crippen LogP contribution in [0.3, 0.4) is 0 Å². The summed E-state index contributed by atoms with van der Waals surface area (Å²) in [6, 6.07) is 9.60. The molecule has 0 aliphatic carbocycles. The van der Waals surface area contributed by atoms with Gasteiger partial charge in [0.25, 0.3) is 0 Å². The maximum atomic E-state index is 6.45. The van der Waals surface area contributed by atoms with Crippen molar-refractivity contribution in [3.63, 3.8) is 0 Å². The van der Waals surface area contributed by atoms with E-state index in [9.17, 15) is 0 Å². The van der Waals surface area contributed by atoms with Crippen molar-refractivity contribution in [2.24, 2.45) is 11.8 Å². The first-order chi connectivity index (χ1) is 20.5. The molecule has 2 saturated heterocycles. The third kappa shape index (κ3) is 9.23. The van der Waals surface area contributed by atoms with Crippen molar-refractivity contribution >= 4 is 0 Å². The summed E-state index contributed by atoms with van der Waals surface area (Å²) < 4.78 is 24.0. The van der Waals surface area contributed by atoms with Gasteiger partial charge in [0.2, 0.25) is 0 Å². The zero-order valence-corrected chi connectivity index (χ0v) is 27.6. The molecular formula is C38H58O4. The van der Waals surface area contributed by atoms with Crippen LogP contribution in [0.25, 0.3) is 0 Å². The lowest BCUT2D eigenvalue weighted by molar-refractivity contribution is 0.261. The summed E-state index contributed by atoms with van der Waals surface area (Å²) in [6.45, 7) is 17.1. The Kier molecular flexibility index (Phi) is 13.1. The van der Waals surface area contributed by atoms with Crippen molar-refractivity contribution in [1.82, 2.24) is 0 Å². The standard InChI is InChI=1S/C38H58O4/c1-7-29(35-25-41-35)15-13-19-39-37-31(9-3)21-27(22-32(37)10-4)17-18-28-23-33(11-5)38(34(12-6)24-28)40-20-14-16-30(8-2)36-26-42-36/h21-24,29-30,35-36H,7-20,25-26H2,1-6H3. The van der Waals surface area contributed by atoms with Crippen LogP contribution in [-0.4, -0.2) is 38.6 Å². The molecule has 2 aliphatic rings. The van der Waals surface area contributed by atoms with E-state index in [0.29, 0.717) is 24.0 Å². The number of epoxide rings is 2. The molecule has 0 aromatic heterocycles. The predicted molar refractivity (Wildman–Crippen MR) is 174 cm³/mol. The summed E-state index contributed by atoms with van der Waals surface area (Å²) in [6.07, 6.45) is 14.1. The second-order valence-electron chi connectivity index (χ2n) is 12.5. The van der Waals surface area contributed by atoms with Crippen LogP contribution in [0.1, 0.15) is 113 Å². The third-order valence-corrected chi connectivity index (χ3v) is 9.58. The number of benzene rings is 2. The molecule has 42 heavy (non-hydrogen) atoms. The highest BCUT2D eigenvalue weighted by Gasteiger charge is 2.31. The van der Waals surface area contributed by atoms with Gasteiger partial charge >= 0.3 is 0 Å². The molecule has 2 aromatic rings. The molecule has 4 heteroatoms. The number of hydrogen-bond acceptors (Lipinski definition) is 4. The summed E-state index contributed by atoms with van der Waals surface area (Å²) in [7, 11) is 0. The fourth-order valence-corrected chi connectivity index (χ4v) is 6.65. The maximum absolute atomic E-state index is 6.45. The Bertz CT molecular complexity index is 963. The second-order valence-corrected chi connectivity index (χ2v) is 12.5. The van der Waals surface area contributed by atoms with Gasteiger partial charge in [-0.1, -0.05) is 78.6 Å². The Morgan fingerprint density at radius 1 is 0.595 bits per heavy atom. The summed E-state index contributed by atoms with van der Waals surface area (Å²) in [5.74, 6) is 3.65. The highest BCUT2D eigenvalue weighted by Crippen LogP contribution is 2.32. The van der Waals surface area contributed by atoms with E-state index in [1.807, 2.05) is 0 Å². The van der Waals surface area contributed by atoms with Gasteiger partial charge in [0.15, 0.2) is 0 Å². The average Bonchev–Trinajstić information content (AvgIpc) is 3.95. The number of aryl methyl sites for hydroxylation is 6. The van der Waals surface area contributed by atoms with Crippen molar-refractivity contribution in [2.75, 3.05) is 26.4 Å². The fourth-order valence-electron chi connectivity index (χ4n) is 6.65. The summed E-state index contributed by atoms with van der Waals surface area (Å²) in [5, 5.41) is 0. The van der Waals surface area contributed by atoms with Crippen LogP contribution in [-0.2, 0) is 48.0 Å². The quantitative estimate of drug-likeness (QED) is 0.110. The van der Waals surface area contributed by atoms with Crippen molar-refractivity contribution in [2.45, 2.75) is 131 Å². The molecule has 0 bridgehead atoms. The van der Waals surface area contributed by atoms with Crippen LogP contribution in [0.5, 0.6) is 11.5 Å². The van der Waals surface area contributed by atoms with Crippen LogP contribution >= 0.6 is 0 Å². The predicted octanol–water partition coefficient (Wildman–Crippen LogP) is 8.89. The van der Waals surface area contributed by atoms with Crippen LogP contribution in [0, 0.1) is 11.8 Å². The normalized spacial score (nSPS) is 19.0. The molecule has 4 rings (SSSR count). The molecule has 234 valence electrons. The van der Waals surface area contributed by atoms with Crippen molar-refractivity contribution in [3.8, 4) is 11.5 Å². The number of hydrogen-bond donors (Lipinski definition) is 0. The maximum Gasteiger partial charge on any atom is 0.125 e. The first-order valence-electron chi connectivity index (χ1n) is 17.3. The lowest BCUT2D eigenvalue weighted by Crippen LogP contribution is -2.11. The SMILES string of the molecule is CCc1cc(CCc2cc(CC)c(OCCCC(CC)C3CO3)c(CC)c2)cc(CC)c1OCCCC(CC)C1CO1. The third-order valence-electron chi connectivity index (χ3n) is 9.58. The zero-order chi connectivity index (χ0) is 29.9. The monoisotopic (exact) mass is 578 g/mol. The van der Waals surface area contributed by atoms with E-state index < -0.39 is 0 Å². The molecule has 4 unspecified atom stereocenters. The fraction of sp³-hybridized carbons (Fsp3) is 0.684. The van der Waals surface area contributed by atoms with Gasteiger partial charge in [-0.2, -0.15) is 0 Å². The van der Waals surface area contributed by atoms with Crippen molar-refractivity contribution in [1.29, 1.82) is 0 Å². The van der Waals surface area contributed by atoms with E-state index in [4.69, 9.17) is 18.9 Å². The van der Waals surface area contributed by atoms with Gasteiger partial charge in [0, 0.05) is 0 Å². The molecule has 2 heterocycles. The molecule has 0 amide bonds. The van der Waals surface area contributed by atoms with Gasteiger partial charge in [-0.05, 0) is 109 Å². The first-order valence-corrected chi connectivity index (χ1v) is 17.3. The largest absolute Gasteiger partial charge is 0.493 e. The van der Waals surface area contributed by atoms with Gasteiger partial charge in [-0.15, -0.1) is 0 Å². The second kappa shape index (κ2) is 16.7. The lowest BCUT2D eigenvalue weighted by Gasteiger charge is -2.19. The summed E-state index contributed by atoms with van der Waals surface area (Å²) >= 11 is 0. The van der Waals surface area contributed by atoms with Crippen LogP contribution in [0.15, 0.2) is 24.3 Å². The van der Waals surface area contributed by atoms with E-state index >= 15 is 0 Å². The van der Waals surface area contributed by atoms with Crippen molar-refractivity contribution < 1.29 is 18.9 Å². The highest BCUT2D eigenvalue weighted by molar-refractivity contribution is 5.47. The lowest BCUT2D eigenvalue weighted by atomic mass is 9.94. The Morgan fingerprint density at radius 3 is 1.19 bits per heavy atom. The van der Waals surface area contributed by atoms with Crippen molar-refractivity contribution in [3.05, 3.63) is 57.6 Å². The zero-order valence-electron chi connectivity index (χ0n) is 27.6. The van der Waals surface area contributed by atoms with E-state index in [1.165, 1.54) is 59.1 Å². The summed E-state index contributed by atoms with van der Waals surface area (Å²) in [4.78, 5) is 0. The molecule has 0 saturated carbocycles. The van der Waals surface area contributed by atoms with Gasteiger partial charge in [-0.25, -0.2) is 0 Å². The van der Waals surface area contributed by atoms with E-state index in [2.05, 4.69) is 65.8 Å². The topological polar surface area (TPSA) is 43.5 Å². The average molecular weight is 579 g/mol. The van der Waals surface area contributed by atoms with E-state index in [0.717, 1.165) is 89.3 Å². The number of ether oxygens (including phenoxy) is 4. The van der Waals surface area contributed by atoms with Gasteiger partial charge in [0.05, 0.1) is 38.6 Å². The molecule has 0 radical (unpaired) electrons. The van der Waals surface area contributed by atoms with E-state index in [1.54, 1.807) is 0 Å². The van der Waals surface area contributed by atoms with Gasteiger partial charge < -0.3 is 18.9 Å². The van der Waals surface area contributed by atoms with Crippen LogP contribution in [0.2, 0.25) is 0 Å². The molecular weight excluding hydrogens is 520 g/mol.